The van der Waals surface area contributed by atoms with E-state index in [1.165, 1.54) is 16.7 Å². The van der Waals surface area contributed by atoms with E-state index in [9.17, 15) is 4.79 Å². The van der Waals surface area contributed by atoms with E-state index in [4.69, 9.17) is 10.2 Å². The first-order valence-corrected chi connectivity index (χ1v) is 4.49. The van der Waals surface area contributed by atoms with Gasteiger partial charge in [0.2, 0.25) is 5.88 Å². The fourth-order valence-electron chi connectivity index (χ4n) is 1.20. The van der Waals surface area contributed by atoms with Crippen molar-refractivity contribution < 1.29 is 15.0 Å². The zero-order valence-corrected chi connectivity index (χ0v) is 8.39. The van der Waals surface area contributed by atoms with Crippen LogP contribution < -0.4 is 0 Å². The quantitative estimate of drug-likeness (QED) is 0.811. The van der Waals surface area contributed by atoms with E-state index in [-0.39, 0.29) is 11.6 Å². The van der Waals surface area contributed by atoms with E-state index < -0.39 is 5.97 Å². The fourth-order valence-corrected chi connectivity index (χ4v) is 1.61. The van der Waals surface area contributed by atoms with Crippen LogP contribution in [0.25, 0.3) is 5.65 Å². The number of fused-ring (bicyclic) bond motifs is 1. The summed E-state index contributed by atoms with van der Waals surface area (Å²) in [5.74, 6) is -1.28. The molecule has 14 heavy (non-hydrogen) atoms. The molecule has 0 bridgehead atoms. The van der Waals surface area contributed by atoms with Crippen molar-refractivity contribution in [2.45, 2.75) is 0 Å². The minimum Gasteiger partial charge on any atom is -0.492 e. The zero-order valence-electron chi connectivity index (χ0n) is 6.81. The number of carbonyl (C=O) groups is 1. The van der Waals surface area contributed by atoms with Crippen LogP contribution in [-0.4, -0.2) is 25.6 Å². The lowest BCUT2D eigenvalue weighted by Crippen LogP contribution is -2.04. The summed E-state index contributed by atoms with van der Waals surface area (Å²) < 4.78 is 1.93. The first-order chi connectivity index (χ1) is 6.59. The molecule has 2 N–H and O–H groups in total. The van der Waals surface area contributed by atoms with Gasteiger partial charge in [-0.2, -0.15) is 4.98 Å². The second-order valence-electron chi connectivity index (χ2n) is 2.66. The van der Waals surface area contributed by atoms with Gasteiger partial charge in [-0.1, -0.05) is 0 Å². The Hall–Kier alpha value is -1.56. The van der Waals surface area contributed by atoms with Crippen molar-refractivity contribution in [1.82, 2.24) is 9.38 Å². The molecule has 0 aliphatic carbocycles. The number of hydrogen-bond acceptors (Lipinski definition) is 3. The van der Waals surface area contributed by atoms with Gasteiger partial charge in [-0.3, -0.25) is 4.40 Å². The summed E-state index contributed by atoms with van der Waals surface area (Å²) in [7, 11) is 0. The molecule has 0 radical (unpaired) electrons. The van der Waals surface area contributed by atoms with Gasteiger partial charge < -0.3 is 10.2 Å². The van der Waals surface area contributed by atoms with E-state index in [0.717, 1.165) is 0 Å². The van der Waals surface area contributed by atoms with E-state index in [1.807, 2.05) is 0 Å². The Balaban J connectivity index is 2.87. The third-order valence-electron chi connectivity index (χ3n) is 1.77. The Morgan fingerprint density at radius 1 is 1.50 bits per heavy atom. The standard InChI is InChI=1S/C8H5BrN2O3/c9-4-1-2-5(8(13)14)11-3-6(12)10-7(4)11/h1-3,12H,(H,13,14). The van der Waals surface area contributed by atoms with E-state index in [0.29, 0.717) is 10.1 Å². The number of pyridine rings is 1. The topological polar surface area (TPSA) is 74.8 Å². The summed E-state index contributed by atoms with van der Waals surface area (Å²) >= 11 is 3.21. The second-order valence-corrected chi connectivity index (χ2v) is 3.52. The molecule has 0 amide bonds. The van der Waals surface area contributed by atoms with Gasteiger partial charge in [0.25, 0.3) is 0 Å². The van der Waals surface area contributed by atoms with Crippen molar-refractivity contribution >= 4 is 27.5 Å². The Bertz CT molecular complexity index is 521. The Morgan fingerprint density at radius 3 is 2.86 bits per heavy atom. The van der Waals surface area contributed by atoms with Crippen LogP contribution in [0.4, 0.5) is 0 Å². The first kappa shape index (κ1) is 9.01. The molecule has 2 rings (SSSR count). The maximum atomic E-state index is 10.8. The molecule has 6 heteroatoms. The van der Waals surface area contributed by atoms with E-state index in [2.05, 4.69) is 20.9 Å². The van der Waals surface area contributed by atoms with Crippen LogP contribution in [0.15, 0.2) is 22.8 Å². The van der Waals surface area contributed by atoms with Gasteiger partial charge in [-0.25, -0.2) is 4.79 Å². The minimum absolute atomic E-state index is 0.0519. The molecule has 0 aromatic carbocycles. The number of aromatic nitrogens is 2. The van der Waals surface area contributed by atoms with Crippen molar-refractivity contribution in [2.24, 2.45) is 0 Å². The lowest BCUT2D eigenvalue weighted by molar-refractivity contribution is 0.0689. The number of aromatic hydroxyl groups is 1. The van der Waals surface area contributed by atoms with E-state index >= 15 is 0 Å². The highest BCUT2D eigenvalue weighted by Gasteiger charge is 2.12. The zero-order chi connectivity index (χ0) is 10.3. The molecule has 0 spiro atoms. The molecular formula is C8H5BrN2O3. The van der Waals surface area contributed by atoms with Crippen LogP contribution in [-0.2, 0) is 0 Å². The van der Waals surface area contributed by atoms with Crippen LogP contribution in [0.3, 0.4) is 0 Å². The Kier molecular flexibility index (Phi) is 1.92. The maximum absolute atomic E-state index is 10.8. The number of aromatic carboxylic acids is 1. The molecule has 2 aromatic heterocycles. The molecule has 0 unspecified atom stereocenters. The van der Waals surface area contributed by atoms with Crippen molar-refractivity contribution in [3.63, 3.8) is 0 Å². The lowest BCUT2D eigenvalue weighted by Gasteiger charge is -2.00. The average Bonchev–Trinajstić information content (AvgIpc) is 2.47. The summed E-state index contributed by atoms with van der Waals surface area (Å²) in [5.41, 5.74) is 0.429. The molecule has 0 aliphatic heterocycles. The molecule has 0 saturated carbocycles. The summed E-state index contributed by atoms with van der Waals surface area (Å²) in [6.45, 7) is 0. The normalized spacial score (nSPS) is 10.6. The maximum Gasteiger partial charge on any atom is 0.352 e. The SMILES string of the molecule is O=C(O)c1ccc(Br)c2nc(O)cn12. The second kappa shape index (κ2) is 2.98. The molecular weight excluding hydrogens is 252 g/mol. The summed E-state index contributed by atoms with van der Waals surface area (Å²) in [6, 6.07) is 3.01. The molecule has 0 aliphatic rings. The first-order valence-electron chi connectivity index (χ1n) is 3.69. The minimum atomic E-state index is -1.07. The number of imidazole rings is 1. The summed E-state index contributed by atoms with van der Waals surface area (Å²) in [4.78, 5) is 14.6. The summed E-state index contributed by atoms with van der Waals surface area (Å²) in [6.07, 6.45) is 1.25. The van der Waals surface area contributed by atoms with Crippen LogP contribution in [0.5, 0.6) is 5.88 Å². The molecule has 72 valence electrons. The van der Waals surface area contributed by atoms with E-state index in [1.54, 1.807) is 6.07 Å². The number of nitrogens with zero attached hydrogens (tertiary/aromatic N) is 2. The number of carboxylic acid groups (broad SMARTS) is 1. The van der Waals surface area contributed by atoms with Gasteiger partial charge >= 0.3 is 5.97 Å². The van der Waals surface area contributed by atoms with Gasteiger partial charge in [0.15, 0.2) is 5.65 Å². The molecule has 0 atom stereocenters. The van der Waals surface area contributed by atoms with Gasteiger partial charge in [-0.15, -0.1) is 0 Å². The molecule has 2 heterocycles. The van der Waals surface area contributed by atoms with Crippen molar-refractivity contribution in [3.8, 4) is 5.88 Å². The van der Waals surface area contributed by atoms with Crippen LogP contribution >= 0.6 is 15.9 Å². The predicted octanol–water partition coefficient (Wildman–Crippen LogP) is 1.50. The highest BCUT2D eigenvalue weighted by Crippen LogP contribution is 2.21. The van der Waals surface area contributed by atoms with Gasteiger partial charge in [-0.05, 0) is 28.1 Å². The third kappa shape index (κ3) is 1.24. The molecule has 0 saturated heterocycles. The highest BCUT2D eigenvalue weighted by atomic mass is 79.9. The number of hydrogen-bond donors (Lipinski definition) is 2. The summed E-state index contributed by atoms with van der Waals surface area (Å²) in [5, 5.41) is 18.0. The largest absolute Gasteiger partial charge is 0.492 e. The fraction of sp³-hybridized carbons (Fsp3) is 0. The predicted molar refractivity (Wildman–Crippen MR) is 51.5 cm³/mol. The number of rotatable bonds is 1. The number of carboxylic acids is 1. The van der Waals surface area contributed by atoms with Crippen molar-refractivity contribution in [3.05, 3.63) is 28.5 Å². The highest BCUT2D eigenvalue weighted by molar-refractivity contribution is 9.10. The number of halogens is 1. The Labute approximate surface area is 86.8 Å². The van der Waals surface area contributed by atoms with Crippen molar-refractivity contribution in [1.29, 1.82) is 0 Å². The smallest absolute Gasteiger partial charge is 0.352 e. The van der Waals surface area contributed by atoms with Gasteiger partial charge in [0, 0.05) is 0 Å². The van der Waals surface area contributed by atoms with Gasteiger partial charge in [0.1, 0.15) is 5.69 Å². The average molecular weight is 257 g/mol. The van der Waals surface area contributed by atoms with Crippen LogP contribution in [0.1, 0.15) is 10.5 Å². The Morgan fingerprint density at radius 2 is 2.21 bits per heavy atom. The van der Waals surface area contributed by atoms with Crippen molar-refractivity contribution in [2.75, 3.05) is 0 Å². The monoisotopic (exact) mass is 256 g/mol. The van der Waals surface area contributed by atoms with Gasteiger partial charge in [0.05, 0.1) is 10.7 Å². The molecule has 2 aromatic rings. The third-order valence-corrected chi connectivity index (χ3v) is 2.39. The van der Waals surface area contributed by atoms with Crippen LogP contribution in [0.2, 0.25) is 0 Å². The molecule has 5 nitrogen and oxygen atoms in total. The molecule has 0 fully saturated rings. The lowest BCUT2D eigenvalue weighted by atomic mass is 10.3. The van der Waals surface area contributed by atoms with Crippen LogP contribution in [0, 0.1) is 0 Å².